The molecule has 2 N–H and O–H groups in total. The van der Waals surface area contributed by atoms with E-state index in [1.807, 2.05) is 24.3 Å². The first-order valence-corrected chi connectivity index (χ1v) is 7.45. The molecule has 0 aliphatic carbocycles. The summed E-state index contributed by atoms with van der Waals surface area (Å²) in [7, 11) is 3.56. The lowest BCUT2D eigenvalue weighted by molar-refractivity contribution is -0.121. The minimum atomic E-state index is -0.878. The Hall–Kier alpha value is -1.98. The lowest BCUT2D eigenvalue weighted by Gasteiger charge is -2.40. The van der Waals surface area contributed by atoms with Gasteiger partial charge in [-0.25, -0.2) is 0 Å². The summed E-state index contributed by atoms with van der Waals surface area (Å²) in [5, 5.41) is 12.6. The van der Waals surface area contributed by atoms with Crippen LogP contribution in [0.1, 0.15) is 5.56 Å². The van der Waals surface area contributed by atoms with E-state index in [4.69, 9.17) is 0 Å². The van der Waals surface area contributed by atoms with Crippen molar-refractivity contribution >= 4 is 23.4 Å². The second-order valence-electron chi connectivity index (χ2n) is 4.91. The van der Waals surface area contributed by atoms with Crippen molar-refractivity contribution in [3.05, 3.63) is 54.1 Å². The van der Waals surface area contributed by atoms with Crippen LogP contribution in [0.4, 0.5) is 5.69 Å². The van der Waals surface area contributed by atoms with E-state index in [0.29, 0.717) is 0 Å². The molecule has 108 valence electrons. The number of para-hydroxylation sites is 1. The summed E-state index contributed by atoms with van der Waals surface area (Å²) in [5.41, 5.74) is 1.73. The number of phenolic OH excluding ortho intramolecular Hbond substituents is 1. The van der Waals surface area contributed by atoms with Crippen LogP contribution in [0.25, 0.3) is 0 Å². The quantitative estimate of drug-likeness (QED) is 0.895. The fourth-order valence-electron chi connectivity index (χ4n) is 2.56. The van der Waals surface area contributed by atoms with Crippen LogP contribution >= 0.6 is 11.8 Å². The molecule has 1 aliphatic rings. The monoisotopic (exact) mass is 300 g/mol. The van der Waals surface area contributed by atoms with Gasteiger partial charge in [-0.3, -0.25) is 10.1 Å². The Morgan fingerprint density at radius 3 is 2.48 bits per heavy atom. The first-order chi connectivity index (χ1) is 10.1. The Morgan fingerprint density at radius 2 is 1.81 bits per heavy atom. The average Bonchev–Trinajstić information content (AvgIpc) is 2.52. The normalized spacial score (nSPS) is 21.2. The molecule has 1 heterocycles. The maximum atomic E-state index is 12.9. The van der Waals surface area contributed by atoms with Crippen molar-refractivity contribution in [2.24, 2.45) is 0 Å². The van der Waals surface area contributed by atoms with Crippen molar-refractivity contribution in [1.29, 1.82) is 0 Å². The smallest absolute Gasteiger partial charge is 0.262 e. The van der Waals surface area contributed by atoms with Gasteiger partial charge in [0.1, 0.15) is 5.75 Å². The number of carbonyl (C=O) groups is 1. The number of aromatic hydroxyl groups is 1. The van der Waals surface area contributed by atoms with Crippen LogP contribution < -0.4 is 10.2 Å². The van der Waals surface area contributed by atoms with Crippen LogP contribution in [-0.2, 0) is 9.67 Å². The van der Waals surface area contributed by atoms with E-state index < -0.39 is 4.87 Å². The van der Waals surface area contributed by atoms with Crippen LogP contribution in [0.5, 0.6) is 5.75 Å². The molecule has 21 heavy (non-hydrogen) atoms. The third-order valence-corrected chi connectivity index (χ3v) is 5.21. The van der Waals surface area contributed by atoms with Crippen LogP contribution in [0.2, 0.25) is 0 Å². The molecule has 1 atom stereocenters. The number of nitrogens with one attached hydrogen (secondary N) is 1. The molecule has 0 bridgehead atoms. The third-order valence-electron chi connectivity index (χ3n) is 3.72. The minimum Gasteiger partial charge on any atom is -0.508 e. The van der Waals surface area contributed by atoms with Gasteiger partial charge in [-0.15, -0.1) is 0 Å². The number of hydrogen-bond donors (Lipinski definition) is 2. The number of likely N-dealkylation sites (N-methyl/N-ethyl adjacent to an activating group) is 2. The zero-order valence-corrected chi connectivity index (χ0v) is 12.6. The average molecular weight is 300 g/mol. The fourth-order valence-corrected chi connectivity index (χ4v) is 3.92. The van der Waals surface area contributed by atoms with Gasteiger partial charge in [-0.2, -0.15) is 0 Å². The number of anilines is 1. The van der Waals surface area contributed by atoms with Crippen molar-refractivity contribution in [2.75, 3.05) is 19.0 Å². The van der Waals surface area contributed by atoms with Gasteiger partial charge < -0.3 is 10.0 Å². The number of rotatable bonds is 2. The van der Waals surface area contributed by atoms with Gasteiger partial charge >= 0.3 is 0 Å². The van der Waals surface area contributed by atoms with Crippen molar-refractivity contribution < 1.29 is 9.90 Å². The molecule has 0 aromatic heterocycles. The molecule has 3 rings (SSSR count). The summed E-state index contributed by atoms with van der Waals surface area (Å²) in [6, 6.07) is 14.6. The highest BCUT2D eigenvalue weighted by Gasteiger charge is 2.46. The van der Waals surface area contributed by atoms with Crippen LogP contribution in [0.15, 0.2) is 53.4 Å². The van der Waals surface area contributed by atoms with E-state index in [1.165, 1.54) is 11.8 Å². The van der Waals surface area contributed by atoms with Gasteiger partial charge in [0.15, 0.2) is 4.87 Å². The number of benzene rings is 2. The number of thioether (sulfide) groups is 1. The van der Waals surface area contributed by atoms with E-state index in [-0.39, 0.29) is 11.7 Å². The molecule has 2 aromatic rings. The van der Waals surface area contributed by atoms with Gasteiger partial charge in [0, 0.05) is 11.9 Å². The predicted molar refractivity (Wildman–Crippen MR) is 84.6 cm³/mol. The largest absolute Gasteiger partial charge is 0.508 e. The number of fused-ring (bicyclic) bond motifs is 1. The van der Waals surface area contributed by atoms with Gasteiger partial charge in [-0.05, 0) is 36.9 Å². The Bertz CT molecular complexity index is 687. The Morgan fingerprint density at radius 1 is 1.14 bits per heavy atom. The first-order valence-electron chi connectivity index (χ1n) is 6.63. The summed E-state index contributed by atoms with van der Waals surface area (Å²) in [6.45, 7) is 0. The van der Waals surface area contributed by atoms with Crippen molar-refractivity contribution in [2.45, 2.75) is 9.77 Å². The lowest BCUT2D eigenvalue weighted by atomic mass is 10.0. The second-order valence-corrected chi connectivity index (χ2v) is 6.17. The minimum absolute atomic E-state index is 0.0283. The zero-order chi connectivity index (χ0) is 15.0. The molecule has 1 aliphatic heterocycles. The summed E-state index contributed by atoms with van der Waals surface area (Å²) >= 11 is 1.49. The van der Waals surface area contributed by atoms with Crippen molar-refractivity contribution in [1.82, 2.24) is 5.32 Å². The lowest BCUT2D eigenvalue weighted by Crippen LogP contribution is -2.53. The van der Waals surface area contributed by atoms with E-state index in [9.17, 15) is 9.90 Å². The summed E-state index contributed by atoms with van der Waals surface area (Å²) in [4.78, 5) is 14.7. The molecule has 5 heteroatoms. The Kier molecular flexibility index (Phi) is 3.39. The molecule has 0 spiro atoms. The molecule has 0 saturated carbocycles. The molecule has 0 radical (unpaired) electrons. The first kappa shape index (κ1) is 14.0. The topological polar surface area (TPSA) is 52.6 Å². The van der Waals surface area contributed by atoms with Gasteiger partial charge in [0.05, 0.1) is 5.69 Å². The second kappa shape index (κ2) is 5.09. The van der Waals surface area contributed by atoms with E-state index in [1.54, 1.807) is 43.3 Å². The molecule has 0 fully saturated rings. The van der Waals surface area contributed by atoms with Gasteiger partial charge in [0.2, 0.25) is 0 Å². The summed E-state index contributed by atoms with van der Waals surface area (Å²) in [6.07, 6.45) is 0. The van der Waals surface area contributed by atoms with Crippen LogP contribution in [-0.4, -0.2) is 25.1 Å². The number of carbonyl (C=O) groups excluding carboxylic acids is 1. The SMILES string of the molecule is CNC1(c2ccc(O)cc2)Sc2ccccc2N(C)C1=O. The van der Waals surface area contributed by atoms with Gasteiger partial charge in [0.25, 0.3) is 5.91 Å². The molecule has 0 saturated heterocycles. The van der Waals surface area contributed by atoms with E-state index in [0.717, 1.165) is 16.1 Å². The predicted octanol–water partition coefficient (Wildman–Crippen LogP) is 2.53. The van der Waals surface area contributed by atoms with Gasteiger partial charge in [-0.1, -0.05) is 36.0 Å². The van der Waals surface area contributed by atoms with Crippen LogP contribution in [0, 0.1) is 0 Å². The molecular weight excluding hydrogens is 284 g/mol. The molecular formula is C16H16N2O2S. The highest BCUT2D eigenvalue weighted by Crippen LogP contribution is 2.48. The number of amides is 1. The summed E-state index contributed by atoms with van der Waals surface area (Å²) in [5.74, 6) is 0.159. The zero-order valence-electron chi connectivity index (χ0n) is 11.8. The fraction of sp³-hybridized carbons (Fsp3) is 0.188. The molecule has 1 amide bonds. The molecule has 1 unspecified atom stereocenters. The highest BCUT2D eigenvalue weighted by atomic mass is 32.2. The molecule has 2 aromatic carbocycles. The van der Waals surface area contributed by atoms with E-state index >= 15 is 0 Å². The summed E-state index contributed by atoms with van der Waals surface area (Å²) < 4.78 is 0. The number of hydrogen-bond acceptors (Lipinski definition) is 4. The number of nitrogens with zero attached hydrogens (tertiary/aromatic N) is 1. The maximum Gasteiger partial charge on any atom is 0.262 e. The maximum absolute atomic E-state index is 12.9. The van der Waals surface area contributed by atoms with Crippen molar-refractivity contribution in [3.63, 3.8) is 0 Å². The van der Waals surface area contributed by atoms with Crippen molar-refractivity contribution in [3.8, 4) is 5.75 Å². The van der Waals surface area contributed by atoms with E-state index in [2.05, 4.69) is 5.32 Å². The number of phenols is 1. The standard InChI is InChI=1S/C16H16N2O2S/c1-17-16(11-7-9-12(19)10-8-11)15(20)18(2)13-5-3-4-6-14(13)21-16/h3-10,17,19H,1-2H3. The highest BCUT2D eigenvalue weighted by molar-refractivity contribution is 8.01. The van der Waals surface area contributed by atoms with Crippen LogP contribution in [0.3, 0.4) is 0 Å². The third kappa shape index (κ3) is 2.09. The molecule has 4 nitrogen and oxygen atoms in total. The Balaban J connectivity index is 2.15. The Labute approximate surface area is 127 Å².